The van der Waals surface area contributed by atoms with Gasteiger partial charge in [-0.2, -0.15) is 0 Å². The first-order valence-electron chi connectivity index (χ1n) is 8.34. The van der Waals surface area contributed by atoms with Crippen LogP contribution in [0.5, 0.6) is 0 Å². The molecule has 3 rings (SSSR count). The van der Waals surface area contributed by atoms with E-state index in [2.05, 4.69) is 36.6 Å². The van der Waals surface area contributed by atoms with Gasteiger partial charge in [-0.25, -0.2) is 0 Å². The molecule has 21 heavy (non-hydrogen) atoms. The van der Waals surface area contributed by atoms with Crippen LogP contribution in [0, 0.1) is 5.41 Å². The molecule has 1 aliphatic heterocycles. The fraction of sp³-hybridized carbons (Fsp3) is 0.611. The quantitative estimate of drug-likeness (QED) is 0.867. The summed E-state index contributed by atoms with van der Waals surface area (Å²) in [6.07, 6.45) is 7.63. The van der Waals surface area contributed by atoms with Crippen LogP contribution in [0.25, 0.3) is 0 Å². The Balaban J connectivity index is 1.83. The predicted molar refractivity (Wildman–Crippen MR) is 87.7 cm³/mol. The second-order valence-corrected chi connectivity index (χ2v) is 6.72. The highest BCUT2D eigenvalue weighted by Crippen LogP contribution is 2.42. The van der Waals surface area contributed by atoms with Gasteiger partial charge in [0, 0.05) is 11.5 Å². The van der Waals surface area contributed by atoms with Crippen molar-refractivity contribution in [3.63, 3.8) is 0 Å². The molecule has 3 nitrogen and oxygen atoms in total. The fourth-order valence-electron chi connectivity index (χ4n) is 3.82. The molecule has 3 heteroatoms. The number of anilines is 2. The number of hydrogen-bond donors (Lipinski definition) is 2. The molecule has 0 aromatic heterocycles. The van der Waals surface area contributed by atoms with Crippen molar-refractivity contribution in [2.45, 2.75) is 64.8 Å². The molecule has 2 N–H and O–H groups in total. The summed E-state index contributed by atoms with van der Waals surface area (Å²) in [5, 5.41) is 6.76. The van der Waals surface area contributed by atoms with Crippen molar-refractivity contribution in [1.82, 2.24) is 0 Å². The van der Waals surface area contributed by atoms with Gasteiger partial charge in [0.15, 0.2) is 0 Å². The molecule has 1 aromatic rings. The molecule has 1 aromatic carbocycles. The first-order valence-corrected chi connectivity index (χ1v) is 8.34. The number of benzene rings is 1. The van der Waals surface area contributed by atoms with Crippen LogP contribution in [0.15, 0.2) is 18.2 Å². The van der Waals surface area contributed by atoms with Crippen molar-refractivity contribution in [2.75, 3.05) is 10.6 Å². The Kier molecular flexibility index (Phi) is 3.92. The summed E-state index contributed by atoms with van der Waals surface area (Å²) in [4.78, 5) is 12.8. The number of aryl methyl sites for hydroxylation is 1. The van der Waals surface area contributed by atoms with Crippen LogP contribution in [0.4, 0.5) is 11.4 Å². The highest BCUT2D eigenvalue weighted by Gasteiger charge is 2.39. The van der Waals surface area contributed by atoms with Gasteiger partial charge in [0.2, 0.25) is 5.91 Å². The number of carbonyl (C=O) groups excluding carboxylic acids is 1. The summed E-state index contributed by atoms with van der Waals surface area (Å²) >= 11 is 0. The van der Waals surface area contributed by atoms with Crippen LogP contribution in [0.3, 0.4) is 0 Å². The Morgan fingerprint density at radius 1 is 1.38 bits per heavy atom. The van der Waals surface area contributed by atoms with E-state index in [4.69, 9.17) is 0 Å². The normalized spacial score (nSPS) is 23.2. The standard InChI is InChI=1S/C18H26N2O/c1-3-18(11-4-5-12-18)17(21)20-15-8-6-7-14-10-9-13(2)19-16(14)15/h6-8,13,19H,3-5,9-12H2,1-2H3,(H,20,21). The maximum atomic E-state index is 12.8. The second kappa shape index (κ2) is 5.70. The molecule has 1 aliphatic carbocycles. The van der Waals surface area contributed by atoms with Crippen molar-refractivity contribution in [2.24, 2.45) is 5.41 Å². The molecule has 0 bridgehead atoms. The topological polar surface area (TPSA) is 41.1 Å². The van der Waals surface area contributed by atoms with E-state index in [1.165, 1.54) is 18.4 Å². The number of amides is 1. The lowest BCUT2D eigenvalue weighted by Gasteiger charge is -2.29. The van der Waals surface area contributed by atoms with Gasteiger partial charge in [-0.1, -0.05) is 31.9 Å². The summed E-state index contributed by atoms with van der Waals surface area (Å²) in [5.41, 5.74) is 3.28. The number of hydrogen-bond acceptors (Lipinski definition) is 2. The average Bonchev–Trinajstić information content (AvgIpc) is 2.98. The van der Waals surface area contributed by atoms with Crippen molar-refractivity contribution in [3.05, 3.63) is 23.8 Å². The first-order chi connectivity index (χ1) is 10.1. The zero-order valence-corrected chi connectivity index (χ0v) is 13.2. The first kappa shape index (κ1) is 14.4. The highest BCUT2D eigenvalue weighted by atomic mass is 16.2. The Morgan fingerprint density at radius 3 is 2.86 bits per heavy atom. The Bertz CT molecular complexity index is 532. The van der Waals surface area contributed by atoms with Crippen molar-refractivity contribution >= 4 is 17.3 Å². The van der Waals surface area contributed by atoms with Crippen LogP contribution in [0.1, 0.15) is 57.9 Å². The molecule has 0 spiro atoms. The monoisotopic (exact) mass is 286 g/mol. The highest BCUT2D eigenvalue weighted by molar-refractivity contribution is 5.98. The molecule has 1 saturated carbocycles. The molecule has 1 heterocycles. The predicted octanol–water partition coefficient (Wildman–Crippen LogP) is 4.34. The minimum absolute atomic E-state index is 0.136. The third-order valence-electron chi connectivity index (χ3n) is 5.36. The van der Waals surface area contributed by atoms with Gasteiger partial charge in [-0.05, 0) is 50.7 Å². The summed E-state index contributed by atoms with van der Waals surface area (Å²) in [6.45, 7) is 4.34. The van der Waals surface area contributed by atoms with Crippen LogP contribution < -0.4 is 10.6 Å². The maximum absolute atomic E-state index is 12.8. The molecule has 1 fully saturated rings. The van der Waals surface area contributed by atoms with Crippen LogP contribution in [0.2, 0.25) is 0 Å². The smallest absolute Gasteiger partial charge is 0.230 e. The summed E-state index contributed by atoms with van der Waals surface area (Å²) in [6, 6.07) is 6.72. The Labute approximate surface area is 127 Å². The number of carbonyl (C=O) groups is 1. The van der Waals surface area contributed by atoms with Gasteiger partial charge in [-0.3, -0.25) is 4.79 Å². The van der Waals surface area contributed by atoms with E-state index in [1.54, 1.807) is 0 Å². The summed E-state index contributed by atoms with van der Waals surface area (Å²) in [5.74, 6) is 0.218. The third-order valence-corrected chi connectivity index (χ3v) is 5.36. The lowest BCUT2D eigenvalue weighted by molar-refractivity contribution is -0.125. The molecule has 2 aliphatic rings. The van der Waals surface area contributed by atoms with Gasteiger partial charge in [-0.15, -0.1) is 0 Å². The minimum atomic E-state index is -0.136. The number of nitrogens with one attached hydrogen (secondary N) is 2. The fourth-order valence-corrected chi connectivity index (χ4v) is 3.82. The zero-order valence-electron chi connectivity index (χ0n) is 13.2. The largest absolute Gasteiger partial charge is 0.381 e. The average molecular weight is 286 g/mol. The van der Waals surface area contributed by atoms with E-state index in [1.807, 2.05) is 6.07 Å². The Hall–Kier alpha value is -1.51. The SMILES string of the molecule is CCC1(C(=O)Nc2cccc3c2NC(C)CC3)CCCC1. The van der Waals surface area contributed by atoms with Gasteiger partial charge in [0.05, 0.1) is 11.4 Å². The van der Waals surface area contributed by atoms with Crippen molar-refractivity contribution in [3.8, 4) is 0 Å². The molecule has 114 valence electrons. The van der Waals surface area contributed by atoms with Crippen molar-refractivity contribution in [1.29, 1.82) is 0 Å². The molecule has 0 saturated heterocycles. The number of fused-ring (bicyclic) bond motifs is 1. The van der Waals surface area contributed by atoms with E-state index >= 15 is 0 Å². The van der Waals surface area contributed by atoms with E-state index in [-0.39, 0.29) is 11.3 Å². The second-order valence-electron chi connectivity index (χ2n) is 6.72. The lowest BCUT2D eigenvalue weighted by atomic mass is 9.82. The molecular weight excluding hydrogens is 260 g/mol. The molecular formula is C18H26N2O. The van der Waals surface area contributed by atoms with Crippen LogP contribution in [-0.4, -0.2) is 11.9 Å². The van der Waals surface area contributed by atoms with E-state index < -0.39 is 0 Å². The third kappa shape index (κ3) is 2.66. The number of rotatable bonds is 3. The maximum Gasteiger partial charge on any atom is 0.230 e. The molecule has 0 radical (unpaired) electrons. The number of para-hydroxylation sites is 1. The summed E-state index contributed by atoms with van der Waals surface area (Å²) < 4.78 is 0. The van der Waals surface area contributed by atoms with E-state index in [0.29, 0.717) is 6.04 Å². The van der Waals surface area contributed by atoms with Crippen LogP contribution in [-0.2, 0) is 11.2 Å². The lowest BCUT2D eigenvalue weighted by Crippen LogP contribution is -2.34. The van der Waals surface area contributed by atoms with E-state index in [0.717, 1.165) is 43.5 Å². The minimum Gasteiger partial charge on any atom is -0.381 e. The van der Waals surface area contributed by atoms with Gasteiger partial charge >= 0.3 is 0 Å². The van der Waals surface area contributed by atoms with E-state index in [9.17, 15) is 4.79 Å². The molecule has 1 atom stereocenters. The molecule has 1 unspecified atom stereocenters. The van der Waals surface area contributed by atoms with Crippen LogP contribution >= 0.6 is 0 Å². The Morgan fingerprint density at radius 2 is 2.14 bits per heavy atom. The van der Waals surface area contributed by atoms with Crippen molar-refractivity contribution < 1.29 is 4.79 Å². The van der Waals surface area contributed by atoms with Gasteiger partial charge < -0.3 is 10.6 Å². The van der Waals surface area contributed by atoms with Gasteiger partial charge in [0.25, 0.3) is 0 Å². The zero-order chi connectivity index (χ0) is 14.9. The molecule has 1 amide bonds. The summed E-state index contributed by atoms with van der Waals surface area (Å²) in [7, 11) is 0. The van der Waals surface area contributed by atoms with Gasteiger partial charge in [0.1, 0.15) is 0 Å².